The summed E-state index contributed by atoms with van der Waals surface area (Å²) in [5.41, 5.74) is -4.31. The first-order valence-electron chi connectivity index (χ1n) is 10.1. The Kier molecular flexibility index (Phi) is 4.29. The van der Waals surface area contributed by atoms with Crippen LogP contribution in [-0.4, -0.2) is 45.5 Å². The zero-order valence-electron chi connectivity index (χ0n) is 16.9. The molecule has 6 heteroatoms. The van der Waals surface area contributed by atoms with Crippen molar-refractivity contribution in [2.75, 3.05) is 7.11 Å². The summed E-state index contributed by atoms with van der Waals surface area (Å²) in [5, 5.41) is 23.0. The molecule has 4 rings (SSSR count). The summed E-state index contributed by atoms with van der Waals surface area (Å²) in [7, 11) is 1.45. The number of halogens is 1. The first-order valence-corrected chi connectivity index (χ1v) is 10.5. The van der Waals surface area contributed by atoms with E-state index >= 15 is 4.39 Å². The first-order chi connectivity index (χ1) is 13.0. The van der Waals surface area contributed by atoms with Gasteiger partial charge in [0, 0.05) is 16.7 Å². The quantitative estimate of drug-likeness (QED) is 0.652. The van der Waals surface area contributed by atoms with Crippen LogP contribution < -0.4 is 0 Å². The van der Waals surface area contributed by atoms with Gasteiger partial charge in [-0.2, -0.15) is 0 Å². The molecule has 0 saturated heterocycles. The van der Waals surface area contributed by atoms with E-state index in [4.69, 9.17) is 17.0 Å². The third-order valence-electron chi connectivity index (χ3n) is 8.72. The molecule has 0 aromatic carbocycles. The van der Waals surface area contributed by atoms with Crippen LogP contribution in [0.1, 0.15) is 46.5 Å². The lowest BCUT2D eigenvalue weighted by Crippen LogP contribution is -2.69. The molecule has 4 nitrogen and oxygen atoms in total. The number of ketones is 1. The van der Waals surface area contributed by atoms with Crippen molar-refractivity contribution in [3.63, 3.8) is 0 Å². The van der Waals surface area contributed by atoms with Crippen molar-refractivity contribution in [1.29, 1.82) is 0 Å². The average molecular weight is 409 g/mol. The van der Waals surface area contributed by atoms with Crippen molar-refractivity contribution >= 4 is 23.1 Å². The van der Waals surface area contributed by atoms with Gasteiger partial charge in [0.2, 0.25) is 0 Å². The Morgan fingerprint density at radius 1 is 1.36 bits per heavy atom. The van der Waals surface area contributed by atoms with Gasteiger partial charge in [-0.3, -0.25) is 4.79 Å². The summed E-state index contributed by atoms with van der Waals surface area (Å²) in [4.78, 5) is 11.9. The molecule has 8 atom stereocenters. The fourth-order valence-electron chi connectivity index (χ4n) is 7.14. The van der Waals surface area contributed by atoms with E-state index in [0.717, 1.165) is 5.57 Å². The number of rotatable bonds is 1. The highest BCUT2D eigenvalue weighted by Gasteiger charge is 2.75. The minimum atomic E-state index is -1.89. The largest absolute Gasteiger partial charge is 0.488 e. The molecule has 0 aromatic rings. The van der Waals surface area contributed by atoms with Crippen molar-refractivity contribution in [1.82, 2.24) is 0 Å². The Morgan fingerprint density at radius 2 is 2.04 bits per heavy atom. The second-order valence-electron chi connectivity index (χ2n) is 9.66. The van der Waals surface area contributed by atoms with Gasteiger partial charge >= 0.3 is 0 Å². The predicted molar refractivity (Wildman–Crippen MR) is 107 cm³/mol. The Bertz CT molecular complexity index is 808. The smallest absolute Gasteiger partial charge is 0.192 e. The summed E-state index contributed by atoms with van der Waals surface area (Å²) >= 11 is 5.38. The summed E-state index contributed by atoms with van der Waals surface area (Å²) < 4.78 is 22.2. The summed E-state index contributed by atoms with van der Waals surface area (Å²) in [5.74, 6) is -0.896. The number of carbonyl (C=O) groups is 1. The Morgan fingerprint density at radius 3 is 2.68 bits per heavy atom. The molecule has 4 aliphatic rings. The number of aliphatic hydroxyl groups excluding tert-OH is 1. The highest BCUT2D eigenvalue weighted by molar-refractivity contribution is 7.80. The fraction of sp³-hybridized carbons (Fsp3) is 0.727. The van der Waals surface area contributed by atoms with E-state index in [0.29, 0.717) is 19.3 Å². The van der Waals surface area contributed by atoms with Crippen LogP contribution in [0.15, 0.2) is 23.8 Å². The van der Waals surface area contributed by atoms with Crippen LogP contribution in [0.3, 0.4) is 0 Å². The molecule has 0 unspecified atom stereocenters. The van der Waals surface area contributed by atoms with Crippen molar-refractivity contribution in [3.05, 3.63) is 23.8 Å². The van der Waals surface area contributed by atoms with Crippen LogP contribution in [0.5, 0.6) is 0 Å². The predicted octanol–water partition coefficient (Wildman–Crippen LogP) is 3.31. The van der Waals surface area contributed by atoms with Crippen LogP contribution in [0.2, 0.25) is 0 Å². The number of carbonyl (C=O) groups excluding carboxylic acids is 1. The maximum absolute atomic E-state index is 16.9. The lowest BCUT2D eigenvalue weighted by molar-refractivity contribution is -0.209. The molecule has 0 aliphatic heterocycles. The zero-order chi connectivity index (χ0) is 20.7. The van der Waals surface area contributed by atoms with Crippen molar-refractivity contribution in [3.8, 4) is 0 Å². The number of hydrogen-bond acceptors (Lipinski definition) is 5. The number of methoxy groups -OCH3 is 1. The highest BCUT2D eigenvalue weighted by atomic mass is 32.1. The van der Waals surface area contributed by atoms with Gasteiger partial charge in [0.05, 0.1) is 13.2 Å². The van der Waals surface area contributed by atoms with Gasteiger partial charge in [-0.15, -0.1) is 0 Å². The van der Waals surface area contributed by atoms with E-state index in [-0.39, 0.29) is 29.1 Å². The molecular formula is C22H29FO4S. The van der Waals surface area contributed by atoms with Crippen molar-refractivity contribution in [2.45, 2.75) is 63.8 Å². The molecule has 3 fully saturated rings. The number of allylic oxidation sites excluding steroid dienone is 4. The van der Waals surface area contributed by atoms with E-state index in [9.17, 15) is 15.0 Å². The van der Waals surface area contributed by atoms with Gasteiger partial charge in [-0.25, -0.2) is 4.39 Å². The van der Waals surface area contributed by atoms with Gasteiger partial charge in [0.25, 0.3) is 0 Å². The third kappa shape index (κ3) is 2.07. The van der Waals surface area contributed by atoms with Gasteiger partial charge in [-0.1, -0.05) is 25.5 Å². The Hall–Kier alpha value is -1.11. The monoisotopic (exact) mass is 408 g/mol. The number of fused-ring (bicyclic) bond motifs is 5. The number of aliphatic hydroxyl groups is 2. The molecule has 0 aromatic heterocycles. The van der Waals surface area contributed by atoms with Crippen LogP contribution in [0.25, 0.3) is 0 Å². The van der Waals surface area contributed by atoms with Crippen LogP contribution in [0.4, 0.5) is 4.39 Å². The maximum atomic E-state index is 16.9. The normalized spacial score (nSPS) is 52.4. The molecule has 3 saturated carbocycles. The first kappa shape index (κ1) is 20.2. The van der Waals surface area contributed by atoms with Gasteiger partial charge in [0.15, 0.2) is 16.5 Å². The Balaban J connectivity index is 1.84. The Labute approximate surface area is 170 Å². The molecule has 0 amide bonds. The molecule has 2 N–H and O–H groups in total. The van der Waals surface area contributed by atoms with E-state index in [1.54, 1.807) is 13.0 Å². The molecule has 4 aliphatic carbocycles. The molecule has 0 heterocycles. The SMILES string of the molecule is COC(=S)[C@@]1(O)[C@H](C)C[C@H]2[C@@H]3CCC4=CC(=O)C=C[C@]4(C)[C@@]3(F)[C@@H](O)C[C@@]21C. The highest BCUT2D eigenvalue weighted by Crippen LogP contribution is 2.70. The zero-order valence-corrected chi connectivity index (χ0v) is 17.7. The van der Waals surface area contributed by atoms with Gasteiger partial charge in [-0.05, 0) is 68.8 Å². The van der Waals surface area contributed by atoms with Crippen LogP contribution in [0, 0.1) is 28.6 Å². The average Bonchev–Trinajstić information content (AvgIpc) is 2.84. The minimum absolute atomic E-state index is 0.0969. The van der Waals surface area contributed by atoms with Gasteiger partial charge < -0.3 is 14.9 Å². The summed E-state index contributed by atoms with van der Waals surface area (Å²) in [6.07, 6.45) is 5.20. The minimum Gasteiger partial charge on any atom is -0.488 e. The number of hydrogen-bond donors (Lipinski definition) is 2. The lowest BCUT2D eigenvalue weighted by Gasteiger charge is -2.62. The van der Waals surface area contributed by atoms with E-state index in [2.05, 4.69) is 0 Å². The lowest BCUT2D eigenvalue weighted by atomic mass is 9.45. The van der Waals surface area contributed by atoms with Crippen molar-refractivity contribution in [2.24, 2.45) is 28.6 Å². The summed E-state index contributed by atoms with van der Waals surface area (Å²) in [6.45, 7) is 5.64. The molecule has 0 radical (unpaired) electrons. The standard InChI is InChI=1S/C22H29FO4S/c1-12-9-16-15-6-5-13-10-14(24)7-8-19(13,2)21(15,23)17(25)11-20(16,3)22(12,26)18(28)27-4/h7-8,10,12,15-17,25-26H,5-6,9,11H2,1-4H3/t12-,15+,16+,17+,19+,20+,21+,22+/m1/s1. The number of thiocarbonyl (C=S) groups is 1. The molecule has 154 valence electrons. The van der Waals surface area contributed by atoms with E-state index in [1.165, 1.54) is 19.3 Å². The summed E-state index contributed by atoms with van der Waals surface area (Å²) in [6, 6.07) is 0. The van der Waals surface area contributed by atoms with E-state index in [1.807, 2.05) is 13.8 Å². The van der Waals surface area contributed by atoms with E-state index < -0.39 is 34.1 Å². The second kappa shape index (κ2) is 5.96. The second-order valence-corrected chi connectivity index (χ2v) is 10.0. The maximum Gasteiger partial charge on any atom is 0.192 e. The number of alkyl halides is 1. The number of ether oxygens (including phenoxy) is 1. The van der Waals surface area contributed by atoms with Crippen LogP contribution >= 0.6 is 12.2 Å². The van der Waals surface area contributed by atoms with Crippen LogP contribution in [-0.2, 0) is 9.53 Å². The topological polar surface area (TPSA) is 66.8 Å². The molecule has 28 heavy (non-hydrogen) atoms. The molecule has 0 bridgehead atoms. The van der Waals surface area contributed by atoms with Crippen molar-refractivity contribution < 1.29 is 24.1 Å². The third-order valence-corrected chi connectivity index (χ3v) is 9.20. The molecule has 0 spiro atoms. The fourth-order valence-corrected chi connectivity index (χ4v) is 7.57. The van der Waals surface area contributed by atoms with Gasteiger partial charge in [0.1, 0.15) is 5.60 Å². The molecular weight excluding hydrogens is 379 g/mol.